The van der Waals surface area contributed by atoms with Crippen molar-refractivity contribution in [2.75, 3.05) is 68.6 Å². The number of nitrogens with zero attached hydrogens (tertiary/aromatic N) is 3. The molecule has 0 aromatic carbocycles. The van der Waals surface area contributed by atoms with E-state index in [0.717, 1.165) is 38.0 Å². The van der Waals surface area contributed by atoms with Gasteiger partial charge in [-0.15, -0.1) is 0 Å². The van der Waals surface area contributed by atoms with Crippen LogP contribution in [0.25, 0.3) is 0 Å². The summed E-state index contributed by atoms with van der Waals surface area (Å²) in [7, 11) is -6.69. The topological polar surface area (TPSA) is 214 Å². The quantitative estimate of drug-likeness (QED) is 0.0560. The molecule has 0 saturated carbocycles. The number of rotatable bonds is 19. The molecule has 0 amide bonds. The minimum atomic E-state index is -4.17. The third kappa shape index (κ3) is 16.3. The van der Waals surface area contributed by atoms with E-state index in [1.807, 2.05) is 0 Å². The summed E-state index contributed by atoms with van der Waals surface area (Å²) in [5.41, 5.74) is 2.73. The Bertz CT molecular complexity index is 817. The Morgan fingerprint density at radius 1 is 0.844 bits per heavy atom. The molecule has 15 nitrogen and oxygen atoms in total. The summed E-state index contributed by atoms with van der Waals surface area (Å²) in [6.45, 7) is 2.56. The van der Waals surface area contributed by atoms with Gasteiger partial charge in [-0.05, 0) is 25.9 Å². The number of aromatic nitrogens is 3. The molecule has 0 unspecified atom stereocenters. The van der Waals surface area contributed by atoms with Crippen molar-refractivity contribution >= 4 is 44.2 Å². The first-order valence-corrected chi connectivity index (χ1v) is 13.5. The Balaban J connectivity index is 2.51. The van der Waals surface area contributed by atoms with E-state index >= 15 is 0 Å². The Hall–Kier alpha value is -1.38. The van der Waals surface area contributed by atoms with Crippen LogP contribution in [0, 0.1) is 0 Å². The van der Waals surface area contributed by atoms with Crippen molar-refractivity contribution < 1.29 is 35.0 Å². The van der Waals surface area contributed by atoms with Gasteiger partial charge in [-0.2, -0.15) is 37.3 Å². The van der Waals surface area contributed by atoms with Crippen LogP contribution in [-0.2, 0) is 29.3 Å². The van der Waals surface area contributed by atoms with Crippen molar-refractivity contribution in [2.24, 2.45) is 0 Å². The van der Waals surface area contributed by atoms with Gasteiger partial charge in [-0.1, -0.05) is 0 Å². The lowest BCUT2D eigenvalue weighted by Gasteiger charge is -2.09. The Morgan fingerprint density at radius 3 is 1.94 bits per heavy atom. The summed E-state index contributed by atoms with van der Waals surface area (Å²) < 4.78 is 71.1. The number of anilines is 2. The van der Waals surface area contributed by atoms with Crippen molar-refractivity contribution in [2.45, 2.75) is 18.0 Å². The zero-order chi connectivity index (χ0) is 23.9. The van der Waals surface area contributed by atoms with E-state index in [-0.39, 0.29) is 30.1 Å². The molecule has 0 spiro atoms. The minimum Gasteiger partial charge on any atom is -0.385 e. The summed E-state index contributed by atoms with van der Waals surface area (Å²) in [6.07, 6.45) is 1.73. The molecular formula is C14H29N7O8S3. The highest BCUT2D eigenvalue weighted by molar-refractivity contribution is 7.94. The number of hydrogen-bond acceptors (Lipinski definition) is 14. The molecule has 1 aromatic heterocycles. The van der Waals surface area contributed by atoms with Gasteiger partial charge >= 0.3 is 0 Å². The second-order valence-electron chi connectivity index (χ2n) is 6.20. The number of methoxy groups -OCH3 is 1. The highest BCUT2D eigenvalue weighted by Crippen LogP contribution is 2.16. The largest absolute Gasteiger partial charge is 0.385 e. The van der Waals surface area contributed by atoms with Crippen LogP contribution >= 0.6 is 12.0 Å². The van der Waals surface area contributed by atoms with E-state index in [4.69, 9.17) is 18.1 Å². The number of hydrogen-bond donors (Lipinski definition) is 6. The van der Waals surface area contributed by atoms with Crippen molar-refractivity contribution in [1.29, 1.82) is 0 Å². The Labute approximate surface area is 191 Å². The number of ether oxygens (including phenoxy) is 1. The summed E-state index contributed by atoms with van der Waals surface area (Å²) >= 11 is 0.776. The van der Waals surface area contributed by atoms with Crippen LogP contribution in [0.5, 0.6) is 0 Å². The van der Waals surface area contributed by atoms with Gasteiger partial charge < -0.3 is 20.7 Å². The van der Waals surface area contributed by atoms with E-state index in [2.05, 4.69) is 36.4 Å². The van der Waals surface area contributed by atoms with Gasteiger partial charge in [-0.3, -0.25) is 9.11 Å². The molecule has 0 atom stereocenters. The van der Waals surface area contributed by atoms with Crippen LogP contribution in [0.15, 0.2) is 5.16 Å². The highest BCUT2D eigenvalue weighted by Gasteiger charge is 2.11. The Kier molecular flexibility index (Phi) is 13.8. The van der Waals surface area contributed by atoms with Crippen LogP contribution < -0.4 is 21.4 Å². The van der Waals surface area contributed by atoms with Crippen LogP contribution in [0.3, 0.4) is 0 Å². The number of nitrogens with one attached hydrogen (secondary N) is 4. The minimum absolute atomic E-state index is 0.0237. The second-order valence-corrected chi connectivity index (χ2v) is 10.0. The summed E-state index contributed by atoms with van der Waals surface area (Å²) in [6, 6.07) is 0. The molecule has 0 saturated heterocycles. The molecule has 0 aliphatic carbocycles. The smallest absolute Gasteiger partial charge is 0.266 e. The molecule has 0 bridgehead atoms. The monoisotopic (exact) mass is 519 g/mol. The maximum atomic E-state index is 10.8. The number of hydroxylamine groups is 1. The summed E-state index contributed by atoms with van der Waals surface area (Å²) in [5.74, 6) is -1.18. The maximum absolute atomic E-state index is 10.8. The molecular weight excluding hydrogens is 490 g/mol. The van der Waals surface area contributed by atoms with E-state index in [9.17, 15) is 16.8 Å². The predicted octanol–water partition coefficient (Wildman–Crippen LogP) is -0.984. The summed E-state index contributed by atoms with van der Waals surface area (Å²) in [4.78, 5) is 12.1. The molecule has 0 aliphatic rings. The van der Waals surface area contributed by atoms with Crippen molar-refractivity contribution in [3.63, 3.8) is 0 Å². The fraction of sp³-hybridized carbons (Fsp3) is 0.786. The van der Waals surface area contributed by atoms with Crippen molar-refractivity contribution in [1.82, 2.24) is 25.7 Å². The second kappa shape index (κ2) is 15.5. The van der Waals surface area contributed by atoms with E-state index < -0.39 is 31.7 Å². The zero-order valence-electron chi connectivity index (χ0n) is 17.5. The first kappa shape index (κ1) is 28.7. The lowest BCUT2D eigenvalue weighted by Crippen LogP contribution is -2.22. The standard InChI is InChI=1S/C14H29N7O8S3/c1-28-9-3-5-15-4-2-6-18-29-30-14-20-12(16-7-10-31(22,23)24)19-13(21-14)17-8-11-32(25,26)27/h15,18H,2-11H2,1H3,(H,22,23,24)(H,25,26,27)(H2,16,17,19,20,21). The molecule has 1 aromatic rings. The first-order valence-electron chi connectivity index (χ1n) is 9.49. The van der Waals surface area contributed by atoms with Crippen LogP contribution in [-0.4, -0.2) is 98.8 Å². The maximum Gasteiger partial charge on any atom is 0.266 e. The van der Waals surface area contributed by atoms with E-state index in [1.165, 1.54) is 0 Å². The molecule has 18 heteroatoms. The fourth-order valence-corrected chi connectivity index (χ4v) is 3.18. The lowest BCUT2D eigenvalue weighted by atomic mass is 10.4. The molecule has 0 fully saturated rings. The highest BCUT2D eigenvalue weighted by atomic mass is 32.2. The summed E-state index contributed by atoms with van der Waals surface area (Å²) in [5, 5.41) is 8.57. The average molecular weight is 520 g/mol. The molecule has 186 valence electrons. The molecule has 0 aliphatic heterocycles. The van der Waals surface area contributed by atoms with Crippen LogP contribution in [0.1, 0.15) is 12.8 Å². The van der Waals surface area contributed by atoms with Crippen molar-refractivity contribution in [3.05, 3.63) is 0 Å². The molecule has 1 rings (SSSR count). The molecule has 6 N–H and O–H groups in total. The van der Waals surface area contributed by atoms with E-state index in [1.54, 1.807) is 7.11 Å². The van der Waals surface area contributed by atoms with Crippen LogP contribution in [0.2, 0.25) is 0 Å². The SMILES string of the molecule is COCCCNCCCNOSc1nc(NCCS(=O)(=O)O)nc(NCCS(=O)(=O)O)n1. The third-order valence-corrected chi connectivity index (χ3v) is 5.38. The normalized spacial score (nSPS) is 12.1. The molecule has 0 radical (unpaired) electrons. The van der Waals surface area contributed by atoms with Crippen molar-refractivity contribution in [3.8, 4) is 0 Å². The van der Waals surface area contributed by atoms with Gasteiger partial charge in [0.1, 0.15) is 0 Å². The first-order chi connectivity index (χ1) is 15.1. The van der Waals surface area contributed by atoms with Gasteiger partial charge in [0.05, 0.1) is 23.5 Å². The molecule has 32 heavy (non-hydrogen) atoms. The zero-order valence-corrected chi connectivity index (χ0v) is 19.9. The third-order valence-electron chi connectivity index (χ3n) is 3.41. The van der Waals surface area contributed by atoms with Gasteiger partial charge in [0.15, 0.2) is 0 Å². The lowest BCUT2D eigenvalue weighted by molar-refractivity contribution is 0.194. The average Bonchev–Trinajstić information content (AvgIpc) is 2.67. The Morgan fingerprint density at radius 2 is 1.41 bits per heavy atom. The van der Waals surface area contributed by atoms with Gasteiger partial charge in [0, 0.05) is 33.4 Å². The van der Waals surface area contributed by atoms with Gasteiger partial charge in [0.25, 0.3) is 20.2 Å². The fourth-order valence-electron chi connectivity index (χ4n) is 2.00. The van der Waals surface area contributed by atoms with Gasteiger partial charge in [-0.25, -0.2) is 4.28 Å². The predicted molar refractivity (Wildman–Crippen MR) is 119 cm³/mol. The van der Waals surface area contributed by atoms with Gasteiger partial charge in [0.2, 0.25) is 17.1 Å². The van der Waals surface area contributed by atoms with E-state index in [0.29, 0.717) is 13.2 Å². The van der Waals surface area contributed by atoms with Crippen LogP contribution in [0.4, 0.5) is 11.9 Å². The molecule has 1 heterocycles.